The highest BCUT2D eigenvalue weighted by Crippen LogP contribution is 2.36. The third-order valence-electron chi connectivity index (χ3n) is 8.04. The van der Waals surface area contributed by atoms with Crippen molar-refractivity contribution in [2.75, 3.05) is 0 Å². The molecule has 0 atom stereocenters. The van der Waals surface area contributed by atoms with Crippen LogP contribution in [0.2, 0.25) is 0 Å². The molecular formula is C39H24N4. The zero-order valence-corrected chi connectivity index (χ0v) is 23.1. The summed E-state index contributed by atoms with van der Waals surface area (Å²) in [6.07, 6.45) is 0. The van der Waals surface area contributed by atoms with Crippen molar-refractivity contribution in [3.63, 3.8) is 0 Å². The number of para-hydroxylation sites is 2. The van der Waals surface area contributed by atoms with Crippen LogP contribution in [0.15, 0.2) is 146 Å². The van der Waals surface area contributed by atoms with Crippen molar-refractivity contribution in [2.45, 2.75) is 0 Å². The van der Waals surface area contributed by atoms with E-state index >= 15 is 0 Å². The number of fused-ring (bicyclic) bond motifs is 4. The molecule has 2 heterocycles. The number of hydrogen-bond donors (Lipinski definition) is 0. The third kappa shape index (κ3) is 4.23. The van der Waals surface area contributed by atoms with Crippen molar-refractivity contribution in [2.24, 2.45) is 0 Å². The first kappa shape index (κ1) is 24.7. The minimum Gasteiger partial charge on any atom is -0.309 e. The lowest BCUT2D eigenvalue weighted by Crippen LogP contribution is -1.96. The van der Waals surface area contributed by atoms with E-state index in [9.17, 15) is 5.26 Å². The van der Waals surface area contributed by atoms with Crippen LogP contribution in [0.4, 0.5) is 0 Å². The minimum atomic E-state index is 0.579. The summed E-state index contributed by atoms with van der Waals surface area (Å²) >= 11 is 0. The van der Waals surface area contributed by atoms with Crippen molar-refractivity contribution in [3.05, 3.63) is 151 Å². The lowest BCUT2D eigenvalue weighted by molar-refractivity contribution is 1.18. The van der Waals surface area contributed by atoms with Crippen molar-refractivity contribution in [3.8, 4) is 45.5 Å². The van der Waals surface area contributed by atoms with Crippen molar-refractivity contribution >= 4 is 32.7 Å². The quantitative estimate of drug-likeness (QED) is 0.220. The Hall–Kier alpha value is -6.05. The Morgan fingerprint density at radius 1 is 0.488 bits per heavy atom. The van der Waals surface area contributed by atoms with E-state index in [2.05, 4.69) is 114 Å². The number of nitrogens with zero attached hydrogens (tertiary/aromatic N) is 4. The first-order valence-corrected chi connectivity index (χ1v) is 14.2. The zero-order valence-electron chi connectivity index (χ0n) is 23.1. The van der Waals surface area contributed by atoms with Gasteiger partial charge in [-0.3, -0.25) is 0 Å². The SMILES string of the molecule is N#Cc1ccc2c(-c3ccccc3)nc(-c3ccc(-c4ccc5c(c4)c4ccccc4n5-c4ccccc4)cc3)nc2c1. The van der Waals surface area contributed by atoms with Gasteiger partial charge in [-0.05, 0) is 59.7 Å². The maximum atomic E-state index is 9.50. The van der Waals surface area contributed by atoms with Gasteiger partial charge in [0.2, 0.25) is 0 Å². The largest absolute Gasteiger partial charge is 0.309 e. The molecule has 200 valence electrons. The highest BCUT2D eigenvalue weighted by molar-refractivity contribution is 6.10. The van der Waals surface area contributed by atoms with E-state index in [0.717, 1.165) is 44.5 Å². The fourth-order valence-electron chi connectivity index (χ4n) is 5.96. The predicted octanol–water partition coefficient (Wildman–Crippen LogP) is 9.60. The van der Waals surface area contributed by atoms with Crippen LogP contribution < -0.4 is 0 Å². The van der Waals surface area contributed by atoms with Crippen LogP contribution in [0, 0.1) is 11.3 Å². The average Bonchev–Trinajstić information content (AvgIpc) is 3.42. The molecule has 0 fully saturated rings. The van der Waals surface area contributed by atoms with Gasteiger partial charge < -0.3 is 4.57 Å². The van der Waals surface area contributed by atoms with Crippen LogP contribution >= 0.6 is 0 Å². The molecule has 0 N–H and O–H groups in total. The molecule has 0 amide bonds. The van der Waals surface area contributed by atoms with Crippen LogP contribution in [0.5, 0.6) is 0 Å². The molecule has 0 aliphatic heterocycles. The third-order valence-corrected chi connectivity index (χ3v) is 8.04. The molecule has 0 bridgehead atoms. The summed E-state index contributed by atoms with van der Waals surface area (Å²) in [6, 6.07) is 52.2. The number of hydrogen-bond acceptors (Lipinski definition) is 3. The van der Waals surface area contributed by atoms with E-state index in [1.54, 1.807) is 0 Å². The lowest BCUT2D eigenvalue weighted by atomic mass is 10.0. The Bertz CT molecular complexity index is 2330. The second-order valence-corrected chi connectivity index (χ2v) is 10.6. The molecule has 2 aromatic heterocycles. The summed E-state index contributed by atoms with van der Waals surface area (Å²) in [5, 5.41) is 12.9. The van der Waals surface area contributed by atoms with Gasteiger partial charge in [0.15, 0.2) is 5.82 Å². The normalized spacial score (nSPS) is 11.2. The van der Waals surface area contributed by atoms with Crippen LogP contribution in [-0.4, -0.2) is 14.5 Å². The van der Waals surface area contributed by atoms with Gasteiger partial charge >= 0.3 is 0 Å². The highest BCUT2D eigenvalue weighted by atomic mass is 15.0. The Balaban J connectivity index is 1.23. The van der Waals surface area contributed by atoms with Gasteiger partial charge in [-0.15, -0.1) is 0 Å². The van der Waals surface area contributed by atoms with E-state index < -0.39 is 0 Å². The molecule has 8 rings (SSSR count). The first-order chi connectivity index (χ1) is 21.3. The summed E-state index contributed by atoms with van der Waals surface area (Å²) in [5.74, 6) is 0.634. The maximum absolute atomic E-state index is 9.50. The fraction of sp³-hybridized carbons (Fsp3) is 0. The fourth-order valence-corrected chi connectivity index (χ4v) is 5.96. The minimum absolute atomic E-state index is 0.579. The van der Waals surface area contributed by atoms with Gasteiger partial charge in [0.05, 0.1) is 33.9 Å². The van der Waals surface area contributed by atoms with E-state index in [1.165, 1.54) is 21.8 Å². The summed E-state index contributed by atoms with van der Waals surface area (Å²) in [6.45, 7) is 0. The summed E-state index contributed by atoms with van der Waals surface area (Å²) in [7, 11) is 0. The summed E-state index contributed by atoms with van der Waals surface area (Å²) < 4.78 is 2.33. The van der Waals surface area contributed by atoms with Gasteiger partial charge in [0.1, 0.15) is 0 Å². The molecule has 0 aliphatic rings. The van der Waals surface area contributed by atoms with Crippen LogP contribution in [0.25, 0.3) is 72.2 Å². The topological polar surface area (TPSA) is 54.5 Å². The van der Waals surface area contributed by atoms with E-state index in [1.807, 2.05) is 42.5 Å². The molecule has 0 aliphatic carbocycles. The molecular weight excluding hydrogens is 524 g/mol. The van der Waals surface area contributed by atoms with Crippen molar-refractivity contribution in [1.29, 1.82) is 5.26 Å². The van der Waals surface area contributed by atoms with E-state index in [0.29, 0.717) is 11.4 Å². The molecule has 0 unspecified atom stereocenters. The number of aromatic nitrogens is 3. The molecule has 4 heteroatoms. The predicted molar refractivity (Wildman–Crippen MR) is 175 cm³/mol. The standard InChI is InChI=1S/C39H24N4/c40-25-26-15-21-33-35(23-26)41-39(42-38(33)28-9-3-1-4-10-28)29-18-16-27(17-19-29)30-20-22-37-34(24-30)32-13-7-8-14-36(32)43(37)31-11-5-2-6-12-31/h1-24H. The Labute approximate surface area is 248 Å². The molecule has 0 saturated carbocycles. The van der Waals surface area contributed by atoms with Gasteiger partial charge in [0, 0.05) is 33.0 Å². The van der Waals surface area contributed by atoms with Crippen molar-refractivity contribution in [1.82, 2.24) is 14.5 Å². The molecule has 0 spiro atoms. The van der Waals surface area contributed by atoms with Gasteiger partial charge in [-0.25, -0.2) is 9.97 Å². The molecule has 8 aromatic rings. The van der Waals surface area contributed by atoms with Gasteiger partial charge in [0.25, 0.3) is 0 Å². The monoisotopic (exact) mass is 548 g/mol. The van der Waals surface area contributed by atoms with Crippen molar-refractivity contribution < 1.29 is 0 Å². The Morgan fingerprint density at radius 3 is 1.95 bits per heavy atom. The van der Waals surface area contributed by atoms with Gasteiger partial charge in [-0.2, -0.15) is 5.26 Å². The number of benzene rings is 6. The van der Waals surface area contributed by atoms with E-state index in [4.69, 9.17) is 9.97 Å². The van der Waals surface area contributed by atoms with E-state index in [-0.39, 0.29) is 0 Å². The second kappa shape index (κ2) is 10.1. The second-order valence-electron chi connectivity index (χ2n) is 10.6. The zero-order chi connectivity index (χ0) is 28.8. The highest BCUT2D eigenvalue weighted by Gasteiger charge is 2.15. The van der Waals surface area contributed by atoms with Crippen LogP contribution in [0.3, 0.4) is 0 Å². The van der Waals surface area contributed by atoms with Crippen LogP contribution in [-0.2, 0) is 0 Å². The number of nitriles is 1. The number of rotatable bonds is 4. The average molecular weight is 549 g/mol. The molecule has 0 radical (unpaired) electrons. The summed E-state index contributed by atoms with van der Waals surface area (Å²) in [5.41, 5.74) is 9.93. The van der Waals surface area contributed by atoms with Crippen LogP contribution in [0.1, 0.15) is 5.56 Å². The molecule has 43 heavy (non-hydrogen) atoms. The first-order valence-electron chi connectivity index (χ1n) is 14.2. The lowest BCUT2D eigenvalue weighted by Gasteiger charge is -2.10. The maximum Gasteiger partial charge on any atom is 0.160 e. The Morgan fingerprint density at radius 2 is 1.16 bits per heavy atom. The molecule has 4 nitrogen and oxygen atoms in total. The molecule has 6 aromatic carbocycles. The smallest absolute Gasteiger partial charge is 0.160 e. The van der Waals surface area contributed by atoms with Gasteiger partial charge in [-0.1, -0.05) is 97.1 Å². The Kier molecular flexibility index (Phi) is 5.80. The summed E-state index contributed by atoms with van der Waals surface area (Å²) in [4.78, 5) is 9.89. The molecule has 0 saturated heterocycles.